The van der Waals surface area contributed by atoms with Crippen LogP contribution in [0.15, 0.2) is 0 Å². The molecule has 0 unspecified atom stereocenters. The molecule has 4 rings (SSSR count). The molecule has 1 nitrogen and oxygen atoms in total. The Kier molecular flexibility index (Phi) is 1.21. The van der Waals surface area contributed by atoms with Crippen molar-refractivity contribution in [1.29, 1.82) is 0 Å². The topological polar surface area (TPSA) is 20.2 Å². The maximum Gasteiger partial charge on any atom is 0.295 e. The van der Waals surface area contributed by atoms with Crippen molar-refractivity contribution in [1.82, 2.24) is 0 Å². The second-order valence-corrected chi connectivity index (χ2v) is 4.92. The van der Waals surface area contributed by atoms with Gasteiger partial charge in [-0.1, -0.05) is 25.7 Å². The van der Waals surface area contributed by atoms with Gasteiger partial charge in [-0.15, -0.1) is 0 Å². The van der Waals surface area contributed by atoms with Gasteiger partial charge in [0.15, 0.2) is 0 Å². The molecule has 2 heterocycles. The van der Waals surface area contributed by atoms with E-state index in [1.807, 2.05) is 0 Å². The highest BCUT2D eigenvalue weighted by Crippen LogP contribution is 2.57. The molecule has 2 saturated heterocycles. The highest BCUT2D eigenvalue weighted by molar-refractivity contribution is 6.54. The number of hydrogen-bond acceptors (Lipinski definition) is 1. The Bertz CT molecular complexity index is 152. The van der Waals surface area contributed by atoms with E-state index in [9.17, 15) is 5.02 Å². The molecule has 4 fully saturated rings. The molecule has 4 bridgehead atoms. The van der Waals surface area contributed by atoms with Crippen LogP contribution in [0.4, 0.5) is 0 Å². The average molecular weight is 150 g/mol. The second-order valence-electron chi connectivity index (χ2n) is 4.92. The summed E-state index contributed by atoms with van der Waals surface area (Å²) in [5.41, 5.74) is 0. The largest absolute Gasteiger partial charge is 0.450 e. The van der Waals surface area contributed by atoms with E-state index in [2.05, 4.69) is 0 Å². The van der Waals surface area contributed by atoms with Gasteiger partial charge in [-0.3, -0.25) is 0 Å². The Labute approximate surface area is 68.3 Å². The minimum absolute atomic E-state index is 0.0859. The fraction of sp³-hybridized carbons (Fsp3) is 1.00. The minimum atomic E-state index is 0.0859. The predicted molar refractivity (Wildman–Crippen MR) is 45.5 cm³/mol. The lowest BCUT2D eigenvalue weighted by molar-refractivity contribution is 0.146. The van der Waals surface area contributed by atoms with Gasteiger partial charge in [0.25, 0.3) is 6.92 Å². The Morgan fingerprint density at radius 2 is 1.27 bits per heavy atom. The van der Waals surface area contributed by atoms with Gasteiger partial charge in [0.2, 0.25) is 0 Å². The molecule has 0 amide bonds. The minimum Gasteiger partial charge on any atom is -0.450 e. The van der Waals surface area contributed by atoms with Crippen LogP contribution >= 0.6 is 0 Å². The lowest BCUT2D eigenvalue weighted by atomic mass is 9.32. The van der Waals surface area contributed by atoms with Crippen LogP contribution < -0.4 is 0 Å². The van der Waals surface area contributed by atoms with Crippen molar-refractivity contribution in [3.05, 3.63) is 0 Å². The van der Waals surface area contributed by atoms with Crippen molar-refractivity contribution in [3.63, 3.8) is 0 Å². The second kappa shape index (κ2) is 2.04. The van der Waals surface area contributed by atoms with Crippen molar-refractivity contribution < 1.29 is 5.02 Å². The first-order chi connectivity index (χ1) is 5.33. The van der Waals surface area contributed by atoms with Crippen molar-refractivity contribution >= 4 is 6.92 Å². The summed E-state index contributed by atoms with van der Waals surface area (Å²) >= 11 is 0. The van der Waals surface area contributed by atoms with Crippen LogP contribution in [0.25, 0.3) is 0 Å². The van der Waals surface area contributed by atoms with Crippen LogP contribution in [0, 0.1) is 11.8 Å². The lowest BCUT2D eigenvalue weighted by Gasteiger charge is -2.51. The van der Waals surface area contributed by atoms with Gasteiger partial charge in [-0.05, 0) is 29.9 Å². The number of hydrogen-bond donors (Lipinski definition) is 1. The van der Waals surface area contributed by atoms with Gasteiger partial charge < -0.3 is 5.02 Å². The third-order valence-electron chi connectivity index (χ3n) is 4.18. The van der Waals surface area contributed by atoms with Gasteiger partial charge in [0, 0.05) is 0 Å². The first-order valence-corrected chi connectivity index (χ1v) is 5.01. The fourth-order valence-corrected chi connectivity index (χ4v) is 3.90. The summed E-state index contributed by atoms with van der Waals surface area (Å²) in [4.78, 5) is 0. The monoisotopic (exact) mass is 150 g/mol. The zero-order valence-electron chi connectivity index (χ0n) is 6.87. The molecule has 60 valence electrons. The highest BCUT2D eigenvalue weighted by Gasteiger charge is 2.49. The molecule has 0 radical (unpaired) electrons. The van der Waals surface area contributed by atoms with E-state index in [4.69, 9.17) is 0 Å². The maximum absolute atomic E-state index is 9.83. The molecule has 0 spiro atoms. The molecule has 2 aliphatic heterocycles. The van der Waals surface area contributed by atoms with Crippen LogP contribution in [0.5, 0.6) is 0 Å². The SMILES string of the molecule is OB1C2CC3CC(C2)CC1C3. The molecule has 1 N–H and O–H groups in total. The normalized spacial score (nSPS) is 53.7. The van der Waals surface area contributed by atoms with E-state index in [0.717, 1.165) is 11.8 Å². The summed E-state index contributed by atoms with van der Waals surface area (Å²) in [5.74, 6) is 3.40. The van der Waals surface area contributed by atoms with Crippen LogP contribution in [0.1, 0.15) is 32.1 Å². The van der Waals surface area contributed by atoms with Crippen LogP contribution in [0.2, 0.25) is 11.6 Å². The summed E-state index contributed by atoms with van der Waals surface area (Å²) in [5, 5.41) is 9.83. The predicted octanol–water partition coefficient (Wildman–Crippen LogP) is 1.93. The first kappa shape index (κ1) is 6.53. The quantitative estimate of drug-likeness (QED) is 0.523. The van der Waals surface area contributed by atoms with E-state index in [-0.39, 0.29) is 6.92 Å². The summed E-state index contributed by atoms with van der Waals surface area (Å²) in [6.07, 6.45) is 6.85. The molecular formula is C9H15BO. The summed E-state index contributed by atoms with van der Waals surface area (Å²) in [6, 6.07) is 0. The fourth-order valence-electron chi connectivity index (χ4n) is 3.90. The van der Waals surface area contributed by atoms with Crippen molar-refractivity contribution in [2.24, 2.45) is 11.8 Å². The Morgan fingerprint density at radius 3 is 1.73 bits per heavy atom. The summed E-state index contributed by atoms with van der Waals surface area (Å²) in [7, 11) is 0. The molecule has 0 atom stereocenters. The molecule has 0 aromatic carbocycles. The maximum atomic E-state index is 9.83. The molecule has 2 aliphatic carbocycles. The third-order valence-corrected chi connectivity index (χ3v) is 4.18. The molecular weight excluding hydrogens is 135 g/mol. The van der Waals surface area contributed by atoms with E-state index >= 15 is 0 Å². The zero-order chi connectivity index (χ0) is 7.42. The van der Waals surface area contributed by atoms with Crippen molar-refractivity contribution in [2.75, 3.05) is 0 Å². The molecule has 0 aromatic rings. The van der Waals surface area contributed by atoms with Crippen LogP contribution in [0.3, 0.4) is 0 Å². The third kappa shape index (κ3) is 0.822. The average Bonchev–Trinajstić information content (AvgIpc) is 1.98. The highest BCUT2D eigenvalue weighted by atomic mass is 16.2. The summed E-state index contributed by atoms with van der Waals surface area (Å²) in [6.45, 7) is 0.0859. The van der Waals surface area contributed by atoms with Crippen LogP contribution in [-0.4, -0.2) is 11.9 Å². The molecule has 0 aromatic heterocycles. The van der Waals surface area contributed by atoms with Gasteiger partial charge in [-0.2, -0.15) is 0 Å². The molecule has 2 heteroatoms. The standard InChI is InChI=1S/C9H15BO/c11-10-8-2-6-1-7(4-8)5-9(10)3-6/h6-9,11H,1-5H2. The van der Waals surface area contributed by atoms with E-state index in [0.29, 0.717) is 11.6 Å². The Hall–Kier alpha value is 0.0249. The van der Waals surface area contributed by atoms with Gasteiger partial charge in [-0.25, -0.2) is 0 Å². The van der Waals surface area contributed by atoms with E-state index in [1.54, 1.807) is 0 Å². The van der Waals surface area contributed by atoms with Gasteiger partial charge in [0.1, 0.15) is 0 Å². The molecule has 4 aliphatic rings. The smallest absolute Gasteiger partial charge is 0.295 e. The van der Waals surface area contributed by atoms with Gasteiger partial charge >= 0.3 is 0 Å². The molecule has 2 saturated carbocycles. The van der Waals surface area contributed by atoms with Crippen LogP contribution in [-0.2, 0) is 0 Å². The summed E-state index contributed by atoms with van der Waals surface area (Å²) < 4.78 is 0. The molecule has 11 heavy (non-hydrogen) atoms. The zero-order valence-corrected chi connectivity index (χ0v) is 6.87. The number of rotatable bonds is 0. The van der Waals surface area contributed by atoms with Gasteiger partial charge in [0.05, 0.1) is 0 Å². The van der Waals surface area contributed by atoms with E-state index in [1.165, 1.54) is 32.1 Å². The van der Waals surface area contributed by atoms with Crippen molar-refractivity contribution in [2.45, 2.75) is 43.7 Å². The Morgan fingerprint density at radius 1 is 0.818 bits per heavy atom. The van der Waals surface area contributed by atoms with E-state index < -0.39 is 0 Å². The van der Waals surface area contributed by atoms with Crippen molar-refractivity contribution in [3.8, 4) is 0 Å². The Balaban J connectivity index is 1.91. The first-order valence-electron chi connectivity index (χ1n) is 5.01. The lowest BCUT2D eigenvalue weighted by Crippen LogP contribution is -2.45.